The molecular formula is C17H18N2O. The lowest BCUT2D eigenvalue weighted by Crippen LogP contribution is -2.15. The molecule has 0 saturated heterocycles. The number of hydrogen-bond acceptors (Lipinski definition) is 3. The second-order valence-corrected chi connectivity index (χ2v) is 5.39. The number of nitrogens with zero attached hydrogens (tertiary/aromatic N) is 1. The summed E-state index contributed by atoms with van der Waals surface area (Å²) in [5.41, 5.74) is 6.91. The summed E-state index contributed by atoms with van der Waals surface area (Å²) in [6, 6.07) is 6.17. The van der Waals surface area contributed by atoms with Crippen molar-refractivity contribution in [2.24, 2.45) is 0 Å². The molecule has 2 heterocycles. The van der Waals surface area contributed by atoms with Gasteiger partial charge in [0.25, 0.3) is 0 Å². The lowest BCUT2D eigenvalue weighted by atomic mass is 9.90. The Balaban J connectivity index is 2.13. The summed E-state index contributed by atoms with van der Waals surface area (Å²) in [5.74, 6) is 0.396. The van der Waals surface area contributed by atoms with Crippen LogP contribution in [-0.4, -0.2) is 17.8 Å². The number of aromatic nitrogens is 1. The van der Waals surface area contributed by atoms with Gasteiger partial charge in [0.2, 0.25) is 0 Å². The van der Waals surface area contributed by atoms with Crippen molar-refractivity contribution in [3.63, 3.8) is 0 Å². The SMILES string of the molecule is Cc1cc(-c2cncc3c2COCC3C)ccc1C=N. The van der Waals surface area contributed by atoms with Gasteiger partial charge in [-0.25, -0.2) is 0 Å². The van der Waals surface area contributed by atoms with Gasteiger partial charge < -0.3 is 10.1 Å². The molecule has 3 rings (SSSR count). The van der Waals surface area contributed by atoms with Crippen molar-refractivity contribution in [3.05, 3.63) is 52.8 Å². The average Bonchev–Trinajstić information content (AvgIpc) is 2.47. The third-order valence-corrected chi connectivity index (χ3v) is 3.97. The third-order valence-electron chi connectivity index (χ3n) is 3.97. The first-order valence-electron chi connectivity index (χ1n) is 6.86. The van der Waals surface area contributed by atoms with E-state index in [1.807, 2.05) is 25.4 Å². The van der Waals surface area contributed by atoms with Gasteiger partial charge in [0.15, 0.2) is 0 Å². The lowest BCUT2D eigenvalue weighted by Gasteiger charge is -2.24. The number of rotatable bonds is 2. The number of benzene rings is 1. The Morgan fingerprint density at radius 1 is 1.35 bits per heavy atom. The predicted octanol–water partition coefficient (Wildman–Crippen LogP) is 3.69. The van der Waals surface area contributed by atoms with Crippen molar-refractivity contribution in [2.75, 3.05) is 6.61 Å². The molecule has 1 aromatic heterocycles. The van der Waals surface area contributed by atoms with E-state index in [2.05, 4.69) is 24.0 Å². The molecule has 1 aliphatic heterocycles. The highest BCUT2D eigenvalue weighted by atomic mass is 16.5. The summed E-state index contributed by atoms with van der Waals surface area (Å²) in [5, 5.41) is 7.38. The van der Waals surface area contributed by atoms with Crippen LogP contribution in [0.1, 0.15) is 35.1 Å². The maximum atomic E-state index is 7.38. The zero-order valence-corrected chi connectivity index (χ0v) is 11.8. The molecule has 0 aliphatic carbocycles. The number of ether oxygens (including phenoxy) is 1. The molecule has 3 heteroatoms. The van der Waals surface area contributed by atoms with Crippen molar-refractivity contribution < 1.29 is 4.74 Å². The molecule has 2 aromatic rings. The summed E-state index contributed by atoms with van der Waals surface area (Å²) in [7, 11) is 0. The Hall–Kier alpha value is -2.00. The fourth-order valence-corrected chi connectivity index (χ4v) is 2.77. The van der Waals surface area contributed by atoms with Crippen LogP contribution in [0.5, 0.6) is 0 Å². The summed E-state index contributed by atoms with van der Waals surface area (Å²) >= 11 is 0. The standard InChI is InChI=1S/C17H18N2O/c1-11-5-13(3-4-14(11)6-18)16-8-19-7-15-12(2)9-20-10-17(15)16/h3-8,12,18H,9-10H2,1-2H3. The first-order valence-corrected chi connectivity index (χ1v) is 6.86. The summed E-state index contributed by atoms with van der Waals surface area (Å²) in [6.07, 6.45) is 5.27. The quantitative estimate of drug-likeness (QED) is 0.843. The van der Waals surface area contributed by atoms with Gasteiger partial charge in [0.05, 0.1) is 13.2 Å². The van der Waals surface area contributed by atoms with Crippen molar-refractivity contribution in [1.29, 1.82) is 5.41 Å². The number of aryl methyl sites for hydroxylation is 1. The molecule has 0 fully saturated rings. The molecule has 3 nitrogen and oxygen atoms in total. The number of hydrogen-bond donors (Lipinski definition) is 1. The van der Waals surface area contributed by atoms with E-state index in [9.17, 15) is 0 Å². The number of pyridine rings is 1. The maximum Gasteiger partial charge on any atom is 0.0727 e. The van der Waals surface area contributed by atoms with Crippen molar-refractivity contribution >= 4 is 6.21 Å². The highest BCUT2D eigenvalue weighted by molar-refractivity contribution is 5.81. The van der Waals surface area contributed by atoms with E-state index in [0.717, 1.165) is 28.9 Å². The molecule has 1 unspecified atom stereocenters. The molecule has 0 spiro atoms. The van der Waals surface area contributed by atoms with Gasteiger partial charge in [0, 0.05) is 30.1 Å². The summed E-state index contributed by atoms with van der Waals surface area (Å²) in [6.45, 7) is 5.63. The van der Waals surface area contributed by atoms with Crippen LogP contribution in [0.15, 0.2) is 30.6 Å². The van der Waals surface area contributed by atoms with Gasteiger partial charge in [-0.2, -0.15) is 0 Å². The summed E-state index contributed by atoms with van der Waals surface area (Å²) in [4.78, 5) is 4.40. The van der Waals surface area contributed by atoms with Crippen LogP contribution < -0.4 is 0 Å². The van der Waals surface area contributed by atoms with Crippen molar-refractivity contribution in [1.82, 2.24) is 4.98 Å². The highest BCUT2D eigenvalue weighted by Gasteiger charge is 2.20. The van der Waals surface area contributed by atoms with Crippen LogP contribution in [0.4, 0.5) is 0 Å². The molecule has 0 bridgehead atoms. The maximum absolute atomic E-state index is 7.38. The van der Waals surface area contributed by atoms with Crippen LogP contribution >= 0.6 is 0 Å². The van der Waals surface area contributed by atoms with Gasteiger partial charge >= 0.3 is 0 Å². The van der Waals surface area contributed by atoms with Gasteiger partial charge in [-0.15, -0.1) is 0 Å². The molecule has 0 radical (unpaired) electrons. The first-order chi connectivity index (χ1) is 9.70. The van der Waals surface area contributed by atoms with E-state index in [1.54, 1.807) is 0 Å². The Kier molecular flexibility index (Phi) is 3.36. The van der Waals surface area contributed by atoms with Gasteiger partial charge in [-0.3, -0.25) is 4.98 Å². The number of nitrogens with one attached hydrogen (secondary N) is 1. The van der Waals surface area contributed by atoms with E-state index < -0.39 is 0 Å². The van der Waals surface area contributed by atoms with Crippen LogP contribution in [-0.2, 0) is 11.3 Å². The minimum absolute atomic E-state index is 0.396. The zero-order valence-electron chi connectivity index (χ0n) is 11.8. The van der Waals surface area contributed by atoms with Crippen LogP contribution in [0, 0.1) is 12.3 Å². The topological polar surface area (TPSA) is 46.0 Å². The monoisotopic (exact) mass is 266 g/mol. The summed E-state index contributed by atoms with van der Waals surface area (Å²) < 4.78 is 5.68. The second-order valence-electron chi connectivity index (χ2n) is 5.39. The van der Waals surface area contributed by atoms with Crippen molar-refractivity contribution in [3.8, 4) is 11.1 Å². The second kappa shape index (κ2) is 5.17. The fourth-order valence-electron chi connectivity index (χ4n) is 2.77. The van der Waals surface area contributed by atoms with E-state index in [-0.39, 0.29) is 0 Å². The Morgan fingerprint density at radius 3 is 2.95 bits per heavy atom. The van der Waals surface area contributed by atoms with E-state index in [1.165, 1.54) is 17.3 Å². The molecule has 0 amide bonds. The van der Waals surface area contributed by atoms with E-state index >= 15 is 0 Å². The van der Waals surface area contributed by atoms with Crippen LogP contribution in [0.3, 0.4) is 0 Å². The Bertz CT molecular complexity index is 664. The minimum atomic E-state index is 0.396. The van der Waals surface area contributed by atoms with E-state index in [0.29, 0.717) is 12.5 Å². The Labute approximate surface area is 119 Å². The third kappa shape index (κ3) is 2.14. The first kappa shape index (κ1) is 13.0. The molecule has 20 heavy (non-hydrogen) atoms. The Morgan fingerprint density at radius 2 is 2.20 bits per heavy atom. The fraction of sp³-hybridized carbons (Fsp3) is 0.294. The average molecular weight is 266 g/mol. The molecule has 102 valence electrons. The molecule has 1 atom stereocenters. The van der Waals surface area contributed by atoms with Gasteiger partial charge in [0.1, 0.15) is 0 Å². The molecule has 0 saturated carbocycles. The number of fused-ring (bicyclic) bond motifs is 1. The zero-order chi connectivity index (χ0) is 14.1. The van der Waals surface area contributed by atoms with E-state index in [4.69, 9.17) is 10.1 Å². The largest absolute Gasteiger partial charge is 0.376 e. The van der Waals surface area contributed by atoms with Crippen LogP contribution in [0.25, 0.3) is 11.1 Å². The van der Waals surface area contributed by atoms with Gasteiger partial charge in [-0.05, 0) is 34.7 Å². The molecule has 1 N–H and O–H groups in total. The normalized spacial score (nSPS) is 17.6. The predicted molar refractivity (Wildman–Crippen MR) is 80.4 cm³/mol. The highest BCUT2D eigenvalue weighted by Crippen LogP contribution is 2.33. The molecule has 1 aliphatic rings. The molecule has 1 aromatic carbocycles. The van der Waals surface area contributed by atoms with Crippen LogP contribution in [0.2, 0.25) is 0 Å². The lowest BCUT2D eigenvalue weighted by molar-refractivity contribution is 0.0953. The smallest absolute Gasteiger partial charge is 0.0727 e. The minimum Gasteiger partial charge on any atom is -0.376 e. The molecular weight excluding hydrogens is 248 g/mol. The van der Waals surface area contributed by atoms with Crippen molar-refractivity contribution in [2.45, 2.75) is 26.4 Å². The van der Waals surface area contributed by atoms with Gasteiger partial charge in [-0.1, -0.05) is 25.1 Å².